The summed E-state index contributed by atoms with van der Waals surface area (Å²) < 4.78 is 114. The van der Waals surface area contributed by atoms with Crippen molar-refractivity contribution < 1.29 is 83.8 Å². The third-order valence-electron chi connectivity index (χ3n) is 8.03. The van der Waals surface area contributed by atoms with E-state index in [0.717, 1.165) is 38.7 Å². The largest absolute Gasteiger partial charge is 0.483 e. The van der Waals surface area contributed by atoms with Crippen molar-refractivity contribution in [3.05, 3.63) is 52.9 Å². The number of hydrogen-bond acceptors (Lipinski definition) is 20. The van der Waals surface area contributed by atoms with Crippen LogP contribution < -0.4 is 16.1 Å². The molecule has 3 aromatic heterocycles. The highest BCUT2D eigenvalue weighted by Gasteiger charge is 2.49. The average Bonchev–Trinajstić information content (AvgIpc) is 3.75. The molecule has 53 heavy (non-hydrogen) atoms. The number of benzene rings is 1. The van der Waals surface area contributed by atoms with Crippen molar-refractivity contribution in [2.45, 2.75) is 55.3 Å². The lowest BCUT2D eigenvalue weighted by molar-refractivity contribution is -0.136. The van der Waals surface area contributed by atoms with Crippen molar-refractivity contribution in [3.63, 3.8) is 0 Å². The van der Waals surface area contributed by atoms with Crippen molar-refractivity contribution in [1.29, 1.82) is 0 Å². The van der Waals surface area contributed by atoms with Crippen LogP contribution in [0.25, 0.3) is 22.1 Å². The molecule has 2 aliphatic rings. The Kier molecular flexibility index (Phi) is 11.0. The molecule has 2 fully saturated rings. The van der Waals surface area contributed by atoms with Gasteiger partial charge in [0.2, 0.25) is 6.29 Å². The fourth-order valence-electron chi connectivity index (χ4n) is 5.36. The van der Waals surface area contributed by atoms with Crippen LogP contribution in [0.2, 0.25) is 0 Å². The first-order valence-electron chi connectivity index (χ1n) is 15.1. The summed E-state index contributed by atoms with van der Waals surface area (Å²) in [4.78, 5) is 23.7. The van der Waals surface area contributed by atoms with E-state index in [2.05, 4.69) is 15.0 Å². The maximum atomic E-state index is 13.4. The molecule has 4 aromatic rings. The van der Waals surface area contributed by atoms with Gasteiger partial charge in [0, 0.05) is 31.7 Å². The number of nitrogens with zero attached hydrogens (tertiary/aromatic N) is 4. The second kappa shape index (κ2) is 14.9. The number of fused-ring (bicyclic) bond motifs is 2. The molecular formula is C27H30F3N5O16P2. The zero-order valence-electron chi connectivity index (χ0n) is 27.1. The minimum atomic E-state index is -4.90. The highest BCUT2D eigenvalue weighted by Crippen LogP contribution is 2.65. The first kappa shape index (κ1) is 39.1. The summed E-state index contributed by atoms with van der Waals surface area (Å²) >= 11 is 0. The monoisotopic (exact) mass is 799 g/mol. The molecule has 0 spiro atoms. The number of halogens is 3. The normalized spacial score (nSPS) is 28.7. The molecule has 6 rings (SSSR count). The Bertz CT molecular complexity index is 2120. The molecular weight excluding hydrogens is 769 g/mol. The van der Waals surface area contributed by atoms with Gasteiger partial charge in [0.25, 0.3) is 0 Å². The van der Waals surface area contributed by atoms with Crippen LogP contribution >= 0.6 is 15.6 Å². The summed E-state index contributed by atoms with van der Waals surface area (Å²) in [7, 11) is -8.07. The minimum Gasteiger partial charge on any atom is -0.462 e. The lowest BCUT2D eigenvalue weighted by Crippen LogP contribution is -2.35. The van der Waals surface area contributed by atoms with E-state index in [9.17, 15) is 47.5 Å². The van der Waals surface area contributed by atoms with Gasteiger partial charge in [-0.15, -0.1) is 0 Å². The maximum Gasteiger partial charge on any atom is 0.483 e. The molecule has 0 bridgehead atoms. The van der Waals surface area contributed by atoms with E-state index in [-0.39, 0.29) is 22.7 Å². The SMILES string of the molecule is COP(=O)(OCC1OC(n2cnc3c(N)ncnc32)[C@H](O)[C@@H]1O)OP(=O)(OC)OC[C@H]1OC(Oc2ccc3c(C(F)(F)F)cc(=O)oc3c2)C(O)C1O. The molecule has 2 aliphatic heterocycles. The Balaban J connectivity index is 1.07. The summed E-state index contributed by atoms with van der Waals surface area (Å²) in [6.07, 6.45) is -15.1. The van der Waals surface area contributed by atoms with Crippen LogP contribution in [-0.2, 0) is 47.2 Å². The van der Waals surface area contributed by atoms with Gasteiger partial charge < -0.3 is 44.8 Å². The number of ether oxygens (including phenoxy) is 3. The van der Waals surface area contributed by atoms with Crippen LogP contribution in [0.3, 0.4) is 0 Å². The van der Waals surface area contributed by atoms with Crippen molar-refractivity contribution in [1.82, 2.24) is 19.5 Å². The van der Waals surface area contributed by atoms with Gasteiger partial charge in [0.05, 0.1) is 25.1 Å². The number of rotatable bonds is 13. The fraction of sp³-hybridized carbons (Fsp3) is 0.481. The van der Waals surface area contributed by atoms with E-state index in [0.29, 0.717) is 6.07 Å². The summed E-state index contributed by atoms with van der Waals surface area (Å²) in [6, 6.07) is 3.26. The standard InChI is InChI=1S/C27H30F3N5O16P2/c1-43-52(41,45-7-15-19(37)21(39)25(49-15)35-10-34-18-23(31)32-9-33-24(18)35)51-53(42,44-2)46-8-16-20(38)22(40)26(50-16)47-11-3-4-12-13(27(28,29)30)6-17(36)48-14(12)5-11/h3-6,9-10,15-16,19-22,25-26,37-40H,7-8H2,1-2H3,(H2,31,32,33)/t15?,16-,19-,20?,21-,22?,25?,26?,52?,53?/m1/s1. The third-order valence-corrected chi connectivity index (χ3v) is 11.5. The first-order chi connectivity index (χ1) is 25.0. The number of hydrogen-bond donors (Lipinski definition) is 5. The third kappa shape index (κ3) is 7.96. The van der Waals surface area contributed by atoms with E-state index >= 15 is 0 Å². The number of imidazole rings is 1. The lowest BCUT2D eigenvalue weighted by atomic mass is 10.1. The van der Waals surface area contributed by atoms with Gasteiger partial charge in [-0.25, -0.2) is 28.9 Å². The Morgan fingerprint density at radius 3 is 2.19 bits per heavy atom. The van der Waals surface area contributed by atoms with E-state index in [1.54, 1.807) is 0 Å². The number of nitrogen functional groups attached to an aromatic ring is 1. The Hall–Kier alpha value is -3.61. The van der Waals surface area contributed by atoms with Gasteiger partial charge >= 0.3 is 27.4 Å². The van der Waals surface area contributed by atoms with Gasteiger partial charge in [-0.05, 0) is 12.1 Å². The molecule has 6 N–H and O–H groups in total. The molecule has 0 aliphatic carbocycles. The second-order valence-electron chi connectivity index (χ2n) is 11.3. The van der Waals surface area contributed by atoms with E-state index < -0.39 is 106 Å². The topological polar surface area (TPSA) is 289 Å². The van der Waals surface area contributed by atoms with Gasteiger partial charge in [-0.2, -0.15) is 17.5 Å². The molecule has 7 unspecified atom stereocenters. The van der Waals surface area contributed by atoms with Crippen LogP contribution in [0, 0.1) is 0 Å². The van der Waals surface area contributed by atoms with E-state index in [4.69, 9.17) is 46.8 Å². The molecule has 0 radical (unpaired) electrons. The van der Waals surface area contributed by atoms with Gasteiger partial charge in [-0.3, -0.25) is 22.7 Å². The zero-order valence-corrected chi connectivity index (χ0v) is 28.9. The van der Waals surface area contributed by atoms with E-state index in [1.807, 2.05) is 0 Å². The van der Waals surface area contributed by atoms with Crippen LogP contribution in [0.15, 0.2) is 46.1 Å². The van der Waals surface area contributed by atoms with Crippen molar-refractivity contribution in [2.75, 3.05) is 33.2 Å². The number of aliphatic hydroxyl groups excluding tert-OH is 4. The zero-order chi connectivity index (χ0) is 38.5. The summed E-state index contributed by atoms with van der Waals surface area (Å²) in [6.45, 7) is -1.63. The number of aliphatic hydroxyl groups is 4. The molecule has 21 nitrogen and oxygen atoms in total. The first-order valence-corrected chi connectivity index (χ1v) is 18.0. The Morgan fingerprint density at radius 1 is 0.906 bits per heavy atom. The van der Waals surface area contributed by atoms with Gasteiger partial charge in [0.15, 0.2) is 17.7 Å². The molecule has 10 atom stereocenters. The van der Waals surface area contributed by atoms with Gasteiger partial charge in [-0.1, -0.05) is 0 Å². The molecule has 2 saturated heterocycles. The molecule has 26 heteroatoms. The Labute approximate surface area is 294 Å². The van der Waals surface area contributed by atoms with Crippen molar-refractivity contribution >= 4 is 43.6 Å². The predicted octanol–water partition coefficient (Wildman–Crippen LogP) is 1.24. The van der Waals surface area contributed by atoms with Crippen LogP contribution in [-0.4, -0.2) is 110 Å². The quantitative estimate of drug-likeness (QED) is 0.0939. The smallest absolute Gasteiger partial charge is 0.462 e. The number of aromatic nitrogens is 4. The molecule has 290 valence electrons. The maximum absolute atomic E-state index is 13.4. The van der Waals surface area contributed by atoms with Crippen molar-refractivity contribution in [2.24, 2.45) is 0 Å². The highest BCUT2D eigenvalue weighted by atomic mass is 31.3. The lowest BCUT2D eigenvalue weighted by Gasteiger charge is -2.24. The number of alkyl halides is 3. The van der Waals surface area contributed by atoms with Crippen LogP contribution in [0.4, 0.5) is 19.0 Å². The van der Waals surface area contributed by atoms with Gasteiger partial charge in [0.1, 0.15) is 59.8 Å². The average molecular weight is 799 g/mol. The summed E-state index contributed by atoms with van der Waals surface area (Å²) in [5, 5.41) is 41.9. The summed E-state index contributed by atoms with van der Waals surface area (Å²) in [5.74, 6) is -0.177. The number of nitrogens with two attached hydrogens (primary N) is 1. The number of anilines is 1. The Morgan fingerprint density at radius 2 is 1.55 bits per heavy atom. The van der Waals surface area contributed by atoms with E-state index in [1.165, 1.54) is 10.9 Å². The van der Waals surface area contributed by atoms with Crippen LogP contribution in [0.5, 0.6) is 5.75 Å². The molecule has 5 heterocycles. The molecule has 0 saturated carbocycles. The predicted molar refractivity (Wildman–Crippen MR) is 167 cm³/mol. The highest BCUT2D eigenvalue weighted by molar-refractivity contribution is 7.62. The summed E-state index contributed by atoms with van der Waals surface area (Å²) in [5.41, 5.74) is 3.15. The number of phosphoric acid groups is 2. The molecule has 0 amide bonds. The van der Waals surface area contributed by atoms with Crippen LogP contribution in [0.1, 0.15) is 11.8 Å². The number of phosphoric ester groups is 2. The second-order valence-corrected chi connectivity index (χ2v) is 15.0. The van der Waals surface area contributed by atoms with Crippen molar-refractivity contribution in [3.8, 4) is 5.75 Å². The minimum absolute atomic E-state index is 0.0509. The molecule has 1 aromatic carbocycles. The fourth-order valence-corrected chi connectivity index (χ4v) is 8.12.